The highest BCUT2D eigenvalue weighted by Crippen LogP contribution is 2.71. The lowest BCUT2D eigenvalue weighted by Gasteiger charge is -2.24. The van der Waals surface area contributed by atoms with Crippen LogP contribution in [0.1, 0.15) is 31.9 Å². The Morgan fingerprint density at radius 3 is 2.70 bits per heavy atom. The predicted octanol–water partition coefficient (Wildman–Crippen LogP) is 3.88. The molecule has 3 fully saturated rings. The van der Waals surface area contributed by atoms with Crippen LogP contribution in [0.15, 0.2) is 47.8 Å². The summed E-state index contributed by atoms with van der Waals surface area (Å²) in [6.07, 6.45) is 3.63. The van der Waals surface area contributed by atoms with E-state index >= 15 is 0 Å². The van der Waals surface area contributed by atoms with Crippen molar-refractivity contribution in [3.05, 3.63) is 53.6 Å². The van der Waals surface area contributed by atoms with Crippen LogP contribution in [0.4, 0.5) is 0 Å². The first-order valence-electron chi connectivity index (χ1n) is 10.9. The van der Waals surface area contributed by atoms with Gasteiger partial charge in [-0.3, -0.25) is 4.18 Å². The molecule has 0 N–H and O–H groups in total. The quantitative estimate of drug-likeness (QED) is 0.396. The Bertz CT molecular complexity index is 1360. The van der Waals surface area contributed by atoms with Crippen LogP contribution in [-0.4, -0.2) is 47.6 Å². The molecular weight excluding hydrogens is 466 g/mol. The smallest absolute Gasteiger partial charge is 0.296 e. The summed E-state index contributed by atoms with van der Waals surface area (Å²) in [6.45, 7) is 5.71. The molecule has 5 atom stereocenters. The lowest BCUT2D eigenvalue weighted by molar-refractivity contribution is -0.162. The van der Waals surface area contributed by atoms with Crippen molar-refractivity contribution in [1.82, 2.24) is 14.5 Å². The van der Waals surface area contributed by atoms with Crippen molar-refractivity contribution in [2.75, 3.05) is 6.61 Å². The summed E-state index contributed by atoms with van der Waals surface area (Å²) in [4.78, 5) is 8.67. The Kier molecular flexibility index (Phi) is 4.55. The fourth-order valence-electron chi connectivity index (χ4n) is 5.59. The SMILES string of the molecule is Cc1ccc(S(=O)(=O)OC[C@@]23C[C@@H]2[C@@H](n2ccc4c(Cl)ncnc42)[C@@H]2OC(C)(C)O[C@@H]23)cc1. The first-order valence-corrected chi connectivity index (χ1v) is 12.7. The van der Waals surface area contributed by atoms with Gasteiger partial charge in [0.25, 0.3) is 10.1 Å². The Morgan fingerprint density at radius 2 is 1.94 bits per heavy atom. The first kappa shape index (κ1) is 21.5. The highest BCUT2D eigenvalue weighted by atomic mass is 35.5. The highest BCUT2D eigenvalue weighted by molar-refractivity contribution is 7.86. The van der Waals surface area contributed by atoms with E-state index in [1.54, 1.807) is 24.3 Å². The van der Waals surface area contributed by atoms with Crippen molar-refractivity contribution >= 4 is 32.8 Å². The summed E-state index contributed by atoms with van der Waals surface area (Å²) in [5.41, 5.74) is 1.26. The second kappa shape index (κ2) is 6.99. The molecule has 2 saturated carbocycles. The topological polar surface area (TPSA) is 92.5 Å². The summed E-state index contributed by atoms with van der Waals surface area (Å²) in [5, 5.41) is 1.16. The molecule has 2 aromatic heterocycles. The van der Waals surface area contributed by atoms with Crippen molar-refractivity contribution in [3.63, 3.8) is 0 Å². The predicted molar refractivity (Wildman–Crippen MR) is 120 cm³/mol. The van der Waals surface area contributed by atoms with E-state index in [0.29, 0.717) is 5.15 Å². The van der Waals surface area contributed by atoms with Crippen LogP contribution in [0.5, 0.6) is 0 Å². The van der Waals surface area contributed by atoms with E-state index in [1.165, 1.54) is 6.33 Å². The van der Waals surface area contributed by atoms with Crippen molar-refractivity contribution < 1.29 is 22.1 Å². The van der Waals surface area contributed by atoms with Gasteiger partial charge in [0.15, 0.2) is 5.79 Å². The molecular formula is C23H24ClN3O5S. The van der Waals surface area contributed by atoms with Gasteiger partial charge in [0.05, 0.1) is 29.0 Å². The number of ether oxygens (including phenoxy) is 2. The van der Waals surface area contributed by atoms with Crippen LogP contribution in [-0.2, 0) is 23.8 Å². The number of benzene rings is 1. The average molecular weight is 490 g/mol. The van der Waals surface area contributed by atoms with E-state index < -0.39 is 21.3 Å². The molecule has 1 aliphatic heterocycles. The number of hydrogen-bond donors (Lipinski definition) is 0. The molecule has 174 valence electrons. The van der Waals surface area contributed by atoms with Gasteiger partial charge < -0.3 is 14.0 Å². The average Bonchev–Trinajstić information content (AvgIpc) is 3.02. The standard InChI is InChI=1S/C23H24ClN3O5S/c1-13-4-6-14(7-5-13)33(28,29)30-11-23-10-16(23)17(18-19(23)32-22(2,3)31-18)27-9-8-15-20(24)25-12-26-21(15)27/h4-9,12,16-19H,10-11H2,1-3H3/t16-,17-,18+,19+,23+/m1/s1. The minimum atomic E-state index is -3.89. The molecule has 8 nitrogen and oxygen atoms in total. The molecule has 6 rings (SSSR count). The van der Waals surface area contributed by atoms with Crippen molar-refractivity contribution in [3.8, 4) is 0 Å². The molecule has 3 aromatic rings. The maximum atomic E-state index is 12.9. The number of rotatable bonds is 5. The van der Waals surface area contributed by atoms with Gasteiger partial charge in [0, 0.05) is 11.6 Å². The number of fused-ring (bicyclic) bond motifs is 4. The third kappa shape index (κ3) is 3.24. The van der Waals surface area contributed by atoms with E-state index in [4.69, 9.17) is 25.3 Å². The van der Waals surface area contributed by atoms with Crippen LogP contribution in [0.2, 0.25) is 5.15 Å². The van der Waals surface area contributed by atoms with E-state index in [1.807, 2.05) is 33.0 Å². The third-order valence-corrected chi connectivity index (χ3v) is 8.78. The minimum Gasteiger partial charge on any atom is -0.344 e. The largest absolute Gasteiger partial charge is 0.344 e. The van der Waals surface area contributed by atoms with Crippen LogP contribution in [0, 0.1) is 18.3 Å². The molecule has 0 unspecified atom stereocenters. The maximum Gasteiger partial charge on any atom is 0.296 e. The van der Waals surface area contributed by atoms with Crippen molar-refractivity contribution in [2.45, 2.75) is 56.1 Å². The zero-order valence-corrected chi connectivity index (χ0v) is 20.0. The Morgan fingerprint density at radius 1 is 1.18 bits per heavy atom. The Balaban J connectivity index is 1.33. The van der Waals surface area contributed by atoms with Crippen LogP contribution >= 0.6 is 11.6 Å². The zero-order valence-electron chi connectivity index (χ0n) is 18.4. The number of hydrogen-bond acceptors (Lipinski definition) is 7. The van der Waals surface area contributed by atoms with Gasteiger partial charge in [-0.05, 0) is 51.3 Å². The molecule has 1 saturated heterocycles. The van der Waals surface area contributed by atoms with Gasteiger partial charge in [0.1, 0.15) is 23.2 Å². The molecule has 33 heavy (non-hydrogen) atoms. The van der Waals surface area contributed by atoms with E-state index in [0.717, 1.165) is 23.0 Å². The van der Waals surface area contributed by atoms with Crippen LogP contribution in [0.3, 0.4) is 0 Å². The van der Waals surface area contributed by atoms with Gasteiger partial charge in [-0.25, -0.2) is 9.97 Å². The zero-order chi connectivity index (χ0) is 23.2. The molecule has 2 aliphatic carbocycles. The molecule has 0 radical (unpaired) electrons. The van der Waals surface area contributed by atoms with E-state index in [-0.39, 0.29) is 35.7 Å². The fourth-order valence-corrected chi connectivity index (χ4v) is 6.76. The third-order valence-electron chi connectivity index (χ3n) is 7.20. The number of aromatic nitrogens is 3. The molecule has 0 amide bonds. The van der Waals surface area contributed by atoms with E-state index in [2.05, 4.69) is 14.5 Å². The normalized spacial score (nSPS) is 32.1. The molecule has 10 heteroatoms. The van der Waals surface area contributed by atoms with Gasteiger partial charge in [-0.1, -0.05) is 29.3 Å². The summed E-state index contributed by atoms with van der Waals surface area (Å²) >= 11 is 6.27. The van der Waals surface area contributed by atoms with Crippen molar-refractivity contribution in [2.24, 2.45) is 11.3 Å². The minimum absolute atomic E-state index is 0.0416. The summed E-state index contributed by atoms with van der Waals surface area (Å²) in [5.74, 6) is -0.652. The van der Waals surface area contributed by atoms with E-state index in [9.17, 15) is 8.42 Å². The first-order chi connectivity index (χ1) is 15.6. The van der Waals surface area contributed by atoms with Gasteiger partial charge in [-0.2, -0.15) is 8.42 Å². The maximum absolute atomic E-state index is 12.9. The monoisotopic (exact) mass is 489 g/mol. The van der Waals surface area contributed by atoms with Crippen LogP contribution < -0.4 is 0 Å². The lowest BCUT2D eigenvalue weighted by Crippen LogP contribution is -2.34. The van der Waals surface area contributed by atoms with Crippen molar-refractivity contribution in [1.29, 1.82) is 0 Å². The lowest BCUT2D eigenvalue weighted by atomic mass is 10.0. The molecule has 3 aliphatic rings. The van der Waals surface area contributed by atoms with Gasteiger partial charge >= 0.3 is 0 Å². The number of aryl methyl sites for hydroxylation is 1. The number of nitrogens with zero attached hydrogens (tertiary/aromatic N) is 3. The second-order valence-electron chi connectivity index (χ2n) is 9.71. The fraction of sp³-hybridized carbons (Fsp3) is 0.478. The summed E-state index contributed by atoms with van der Waals surface area (Å²) in [6, 6.07) is 8.48. The Labute approximate surface area is 197 Å². The molecule has 0 bridgehead atoms. The summed E-state index contributed by atoms with van der Waals surface area (Å²) in [7, 11) is -3.89. The van der Waals surface area contributed by atoms with Gasteiger partial charge in [-0.15, -0.1) is 0 Å². The Hall–Kier alpha value is -2.04. The summed E-state index contributed by atoms with van der Waals surface area (Å²) < 4.78 is 46.1. The highest BCUT2D eigenvalue weighted by Gasteiger charge is 2.76. The molecule has 1 aromatic carbocycles. The number of halogens is 1. The second-order valence-corrected chi connectivity index (χ2v) is 11.7. The van der Waals surface area contributed by atoms with Gasteiger partial charge in [0.2, 0.25) is 0 Å². The molecule has 0 spiro atoms. The molecule has 3 heterocycles. The van der Waals surface area contributed by atoms with Crippen LogP contribution in [0.25, 0.3) is 11.0 Å².